The van der Waals surface area contributed by atoms with Gasteiger partial charge in [-0.3, -0.25) is 14.5 Å². The number of hydrogen-bond acceptors (Lipinski definition) is 5. The molecule has 3 aromatic carbocycles. The number of ether oxygens (including phenoxy) is 2. The van der Waals surface area contributed by atoms with Gasteiger partial charge in [-0.15, -0.1) is 0 Å². The van der Waals surface area contributed by atoms with Crippen LogP contribution in [0.2, 0.25) is 0 Å². The second kappa shape index (κ2) is 11.7. The zero-order chi connectivity index (χ0) is 25.5. The maximum Gasteiger partial charge on any atom is 0.256 e. The fourth-order valence-corrected chi connectivity index (χ4v) is 4.39. The summed E-state index contributed by atoms with van der Waals surface area (Å²) in [5.41, 5.74) is 2.27. The number of rotatable bonds is 10. The third-order valence-corrected chi connectivity index (χ3v) is 6.25. The van der Waals surface area contributed by atoms with Gasteiger partial charge in [0, 0.05) is 12.2 Å². The first-order chi connectivity index (χ1) is 17.5. The summed E-state index contributed by atoms with van der Waals surface area (Å²) in [4.78, 5) is 29.9. The summed E-state index contributed by atoms with van der Waals surface area (Å²) in [6.45, 7) is 3.07. The second-order valence-electron chi connectivity index (χ2n) is 8.41. The van der Waals surface area contributed by atoms with Gasteiger partial charge in [-0.2, -0.15) is 0 Å². The topological polar surface area (TPSA) is 71.1 Å². The molecule has 186 valence electrons. The molecule has 0 radical (unpaired) electrons. The first kappa shape index (κ1) is 25.2. The van der Waals surface area contributed by atoms with E-state index in [1.54, 1.807) is 19.2 Å². The highest BCUT2D eigenvalue weighted by molar-refractivity contribution is 7.80. The number of carbonyl (C=O) groups excluding carboxylic acids is 2. The van der Waals surface area contributed by atoms with Gasteiger partial charge in [0.25, 0.3) is 5.91 Å². The molecule has 1 aliphatic rings. The van der Waals surface area contributed by atoms with Crippen LogP contribution in [0, 0.1) is 0 Å². The number of nitrogens with zero attached hydrogens (tertiary/aromatic N) is 2. The van der Waals surface area contributed by atoms with Crippen molar-refractivity contribution >= 4 is 40.5 Å². The molecule has 4 rings (SSSR count). The summed E-state index contributed by atoms with van der Waals surface area (Å²) in [6, 6.07) is 23.3. The minimum atomic E-state index is -0.730. The van der Waals surface area contributed by atoms with Crippen molar-refractivity contribution in [3.8, 4) is 11.5 Å². The van der Waals surface area contributed by atoms with Gasteiger partial charge >= 0.3 is 0 Å². The zero-order valence-electron chi connectivity index (χ0n) is 20.3. The Bertz CT molecular complexity index is 1200. The Morgan fingerprint density at radius 1 is 0.972 bits per heavy atom. The first-order valence-electron chi connectivity index (χ1n) is 11.9. The van der Waals surface area contributed by atoms with Crippen LogP contribution in [0.15, 0.2) is 78.9 Å². The zero-order valence-corrected chi connectivity index (χ0v) is 21.2. The normalized spacial score (nSPS) is 15.2. The molecule has 36 heavy (non-hydrogen) atoms. The van der Waals surface area contributed by atoms with Crippen molar-refractivity contribution in [3.63, 3.8) is 0 Å². The molecule has 1 saturated heterocycles. The fourth-order valence-electron chi connectivity index (χ4n) is 4.00. The maximum atomic E-state index is 13.5. The highest BCUT2D eigenvalue weighted by atomic mass is 32.1. The highest BCUT2D eigenvalue weighted by Gasteiger charge is 2.44. The Morgan fingerprint density at radius 2 is 1.64 bits per heavy atom. The molecule has 0 aliphatic carbocycles. The molecular formula is C28H29N3O4S. The predicted molar refractivity (Wildman–Crippen MR) is 144 cm³/mol. The van der Waals surface area contributed by atoms with Crippen molar-refractivity contribution in [2.45, 2.75) is 32.4 Å². The molecule has 1 N–H and O–H groups in total. The van der Waals surface area contributed by atoms with Crippen molar-refractivity contribution < 1.29 is 19.1 Å². The van der Waals surface area contributed by atoms with Gasteiger partial charge in [0.1, 0.15) is 17.5 Å². The van der Waals surface area contributed by atoms with Gasteiger partial charge < -0.3 is 19.7 Å². The third-order valence-electron chi connectivity index (χ3n) is 5.83. The summed E-state index contributed by atoms with van der Waals surface area (Å²) < 4.78 is 10.8. The van der Waals surface area contributed by atoms with Gasteiger partial charge in [0.05, 0.1) is 25.8 Å². The third kappa shape index (κ3) is 5.83. The number of para-hydroxylation sites is 1. The Labute approximate surface area is 216 Å². The predicted octanol–water partition coefficient (Wildman–Crippen LogP) is 5.02. The van der Waals surface area contributed by atoms with Crippen molar-refractivity contribution in [3.05, 3.63) is 84.4 Å². The van der Waals surface area contributed by atoms with Crippen LogP contribution in [-0.4, -0.2) is 41.6 Å². The van der Waals surface area contributed by atoms with E-state index in [1.807, 2.05) is 78.6 Å². The summed E-state index contributed by atoms with van der Waals surface area (Å²) in [5.74, 6) is 0.994. The van der Waals surface area contributed by atoms with Gasteiger partial charge in [-0.05, 0) is 72.7 Å². The number of carbonyl (C=O) groups is 2. The second-order valence-corrected chi connectivity index (χ2v) is 8.77. The lowest BCUT2D eigenvalue weighted by Crippen LogP contribution is -2.37. The molecule has 3 aromatic rings. The molecule has 0 saturated carbocycles. The van der Waals surface area contributed by atoms with E-state index in [2.05, 4.69) is 5.32 Å². The largest absolute Gasteiger partial charge is 0.497 e. The molecule has 2 amide bonds. The quantitative estimate of drug-likeness (QED) is 0.392. The molecule has 1 fully saturated rings. The Hall–Kier alpha value is -3.91. The standard InChI is InChI=1S/C28H29N3O4S/c1-3-17-35-24-15-11-21(12-16-24)29-26(32)18-25-27(33)31(22-7-5-4-6-8-22)28(36)30(25)19-20-9-13-23(34-2)14-10-20/h4-16,25H,3,17-19H2,1-2H3,(H,29,32). The van der Waals surface area contributed by atoms with E-state index in [9.17, 15) is 9.59 Å². The number of benzene rings is 3. The van der Waals surface area contributed by atoms with E-state index in [4.69, 9.17) is 21.7 Å². The van der Waals surface area contributed by atoms with Crippen LogP contribution >= 0.6 is 12.2 Å². The summed E-state index contributed by atoms with van der Waals surface area (Å²) >= 11 is 5.74. The Morgan fingerprint density at radius 3 is 2.28 bits per heavy atom. The van der Waals surface area contributed by atoms with E-state index in [0.29, 0.717) is 29.6 Å². The van der Waals surface area contributed by atoms with Crippen LogP contribution < -0.4 is 19.7 Å². The number of hydrogen-bond donors (Lipinski definition) is 1. The van der Waals surface area contributed by atoms with Crippen LogP contribution in [0.3, 0.4) is 0 Å². The number of amides is 2. The van der Waals surface area contributed by atoms with Crippen molar-refractivity contribution in [2.24, 2.45) is 0 Å². The maximum absolute atomic E-state index is 13.5. The van der Waals surface area contributed by atoms with Crippen LogP contribution in [-0.2, 0) is 16.1 Å². The lowest BCUT2D eigenvalue weighted by atomic mass is 10.1. The first-order valence-corrected chi connectivity index (χ1v) is 12.3. The Kier molecular flexibility index (Phi) is 8.17. The molecule has 0 aromatic heterocycles. The van der Waals surface area contributed by atoms with E-state index in [-0.39, 0.29) is 18.2 Å². The van der Waals surface area contributed by atoms with Gasteiger partial charge in [-0.25, -0.2) is 0 Å². The molecule has 1 unspecified atom stereocenters. The highest BCUT2D eigenvalue weighted by Crippen LogP contribution is 2.29. The monoisotopic (exact) mass is 503 g/mol. The average Bonchev–Trinajstić information content (AvgIpc) is 3.13. The van der Waals surface area contributed by atoms with Gasteiger partial charge in [-0.1, -0.05) is 37.3 Å². The Balaban J connectivity index is 1.52. The van der Waals surface area contributed by atoms with E-state index in [0.717, 1.165) is 23.5 Å². The van der Waals surface area contributed by atoms with Crippen LogP contribution in [0.5, 0.6) is 11.5 Å². The minimum Gasteiger partial charge on any atom is -0.497 e. The lowest BCUT2D eigenvalue weighted by molar-refractivity contribution is -0.124. The fraction of sp³-hybridized carbons (Fsp3) is 0.250. The molecule has 1 aliphatic heterocycles. The minimum absolute atomic E-state index is 0.0352. The summed E-state index contributed by atoms with van der Waals surface area (Å²) in [7, 11) is 1.61. The van der Waals surface area contributed by atoms with Crippen LogP contribution in [0.25, 0.3) is 0 Å². The SMILES string of the molecule is CCCOc1ccc(NC(=O)CC2C(=O)N(c3ccccc3)C(=S)N2Cc2ccc(OC)cc2)cc1. The summed E-state index contributed by atoms with van der Waals surface area (Å²) in [5, 5.41) is 3.26. The molecule has 7 nitrogen and oxygen atoms in total. The van der Waals surface area contributed by atoms with E-state index >= 15 is 0 Å². The van der Waals surface area contributed by atoms with Crippen molar-refractivity contribution in [1.82, 2.24) is 4.90 Å². The summed E-state index contributed by atoms with van der Waals surface area (Å²) in [6.07, 6.45) is 0.884. The van der Waals surface area contributed by atoms with Crippen molar-refractivity contribution in [1.29, 1.82) is 0 Å². The molecular weight excluding hydrogens is 474 g/mol. The molecule has 8 heteroatoms. The van der Waals surface area contributed by atoms with E-state index in [1.165, 1.54) is 4.90 Å². The smallest absolute Gasteiger partial charge is 0.256 e. The molecule has 0 bridgehead atoms. The number of thiocarbonyl (C=S) groups is 1. The van der Waals surface area contributed by atoms with Crippen molar-refractivity contribution in [2.75, 3.05) is 23.9 Å². The van der Waals surface area contributed by atoms with E-state index < -0.39 is 6.04 Å². The number of anilines is 2. The van der Waals surface area contributed by atoms with Crippen LogP contribution in [0.4, 0.5) is 11.4 Å². The number of nitrogens with one attached hydrogen (secondary N) is 1. The molecule has 1 atom stereocenters. The molecule has 0 spiro atoms. The lowest BCUT2D eigenvalue weighted by Gasteiger charge is -2.24. The average molecular weight is 504 g/mol. The van der Waals surface area contributed by atoms with Gasteiger partial charge in [0.15, 0.2) is 5.11 Å². The van der Waals surface area contributed by atoms with Gasteiger partial charge in [0.2, 0.25) is 5.91 Å². The number of methoxy groups -OCH3 is 1. The van der Waals surface area contributed by atoms with Crippen LogP contribution in [0.1, 0.15) is 25.3 Å². The molecule has 1 heterocycles.